The minimum Gasteiger partial charge on any atom is -0.496 e. The number of rotatable bonds is 6. The molecule has 5 heteroatoms. The number of hydrogen-bond acceptors (Lipinski definition) is 4. The second kappa shape index (κ2) is 7.62. The zero-order chi connectivity index (χ0) is 17.9. The molecule has 5 nitrogen and oxygen atoms in total. The Hall–Kier alpha value is -2.14. The van der Waals surface area contributed by atoms with Gasteiger partial charge in [-0.1, -0.05) is 18.2 Å². The molecule has 0 atom stereocenters. The smallest absolute Gasteiger partial charge is 0.267 e. The number of aromatic nitrogens is 2. The Balaban J connectivity index is 1.34. The zero-order valence-corrected chi connectivity index (χ0v) is 15.4. The monoisotopic (exact) mass is 353 g/mol. The van der Waals surface area contributed by atoms with Crippen molar-refractivity contribution >= 4 is 0 Å². The minimum absolute atomic E-state index is 0.0415. The van der Waals surface area contributed by atoms with E-state index in [0.717, 1.165) is 43.7 Å². The second-order valence-electron chi connectivity index (χ2n) is 7.51. The minimum atomic E-state index is 0.0415. The average molecular weight is 353 g/mol. The third-order valence-electron chi connectivity index (χ3n) is 5.66. The first-order valence-electron chi connectivity index (χ1n) is 9.69. The fourth-order valence-electron chi connectivity index (χ4n) is 3.93. The van der Waals surface area contributed by atoms with Crippen molar-refractivity contribution in [1.82, 2.24) is 15.1 Å². The second-order valence-corrected chi connectivity index (χ2v) is 7.51. The van der Waals surface area contributed by atoms with Crippen molar-refractivity contribution in [3.05, 3.63) is 58.0 Å². The molecule has 0 amide bonds. The maximum atomic E-state index is 12.2. The van der Waals surface area contributed by atoms with Crippen LogP contribution in [-0.2, 0) is 6.54 Å². The predicted molar refractivity (Wildman–Crippen MR) is 102 cm³/mol. The third-order valence-corrected chi connectivity index (χ3v) is 5.66. The van der Waals surface area contributed by atoms with E-state index in [1.165, 1.54) is 18.4 Å². The van der Waals surface area contributed by atoms with E-state index in [9.17, 15) is 4.79 Å². The lowest BCUT2D eigenvalue weighted by Crippen LogP contribution is -2.36. The van der Waals surface area contributed by atoms with Crippen LogP contribution in [0.4, 0.5) is 0 Å². The van der Waals surface area contributed by atoms with Crippen LogP contribution in [0.2, 0.25) is 0 Å². The van der Waals surface area contributed by atoms with Gasteiger partial charge in [0.2, 0.25) is 0 Å². The van der Waals surface area contributed by atoms with Crippen LogP contribution in [0.25, 0.3) is 0 Å². The molecule has 0 saturated heterocycles. The Kier molecular flexibility index (Phi) is 5.07. The van der Waals surface area contributed by atoms with E-state index in [0.29, 0.717) is 12.0 Å². The highest BCUT2D eigenvalue weighted by atomic mass is 16.5. The normalized spacial score (nSPS) is 23.0. The van der Waals surface area contributed by atoms with Crippen LogP contribution < -0.4 is 15.6 Å². The molecule has 4 rings (SSSR count). The Bertz CT molecular complexity index is 805. The third kappa shape index (κ3) is 3.83. The number of benzene rings is 1. The molecule has 1 N–H and O–H groups in total. The summed E-state index contributed by atoms with van der Waals surface area (Å²) in [5, 5.41) is 8.32. The highest BCUT2D eigenvalue weighted by Crippen LogP contribution is 2.38. The van der Waals surface area contributed by atoms with Crippen molar-refractivity contribution in [3.8, 4) is 5.75 Å². The summed E-state index contributed by atoms with van der Waals surface area (Å²) < 4.78 is 7.18. The molecule has 1 heterocycles. The van der Waals surface area contributed by atoms with Gasteiger partial charge in [0.1, 0.15) is 5.75 Å². The Labute approximate surface area is 154 Å². The maximum Gasteiger partial charge on any atom is 0.267 e. The van der Waals surface area contributed by atoms with Crippen molar-refractivity contribution in [2.75, 3.05) is 7.11 Å². The van der Waals surface area contributed by atoms with Crippen LogP contribution in [0.1, 0.15) is 61.7 Å². The molecule has 2 saturated carbocycles. The lowest BCUT2D eigenvalue weighted by Gasteiger charge is -2.30. The van der Waals surface area contributed by atoms with E-state index in [-0.39, 0.29) is 11.6 Å². The van der Waals surface area contributed by atoms with Gasteiger partial charge in [-0.3, -0.25) is 4.79 Å². The van der Waals surface area contributed by atoms with Crippen LogP contribution in [0, 0.1) is 0 Å². The number of ether oxygens (including phenoxy) is 1. The summed E-state index contributed by atoms with van der Waals surface area (Å²) in [4.78, 5) is 12.2. The quantitative estimate of drug-likeness (QED) is 0.865. The molecule has 1 aromatic carbocycles. The van der Waals surface area contributed by atoms with E-state index in [2.05, 4.69) is 16.5 Å². The molecule has 0 aliphatic heterocycles. The molecule has 138 valence electrons. The van der Waals surface area contributed by atoms with Crippen LogP contribution >= 0.6 is 0 Å². The van der Waals surface area contributed by atoms with Gasteiger partial charge in [0.15, 0.2) is 0 Å². The first kappa shape index (κ1) is 17.3. The predicted octanol–water partition coefficient (Wildman–Crippen LogP) is 3.40. The number of methoxy groups -OCH3 is 1. The molecule has 0 bridgehead atoms. The lowest BCUT2D eigenvalue weighted by atomic mass is 9.91. The van der Waals surface area contributed by atoms with Crippen molar-refractivity contribution in [1.29, 1.82) is 0 Å². The highest BCUT2D eigenvalue weighted by Gasteiger charge is 2.28. The fourth-order valence-corrected chi connectivity index (χ4v) is 3.93. The summed E-state index contributed by atoms with van der Waals surface area (Å²) in [5.74, 6) is 1.52. The van der Waals surface area contributed by atoms with Crippen LogP contribution in [-0.4, -0.2) is 22.9 Å². The first-order chi connectivity index (χ1) is 12.7. The molecule has 1 aromatic heterocycles. The number of nitrogens with one attached hydrogen (secondary N) is 1. The van der Waals surface area contributed by atoms with Gasteiger partial charge in [0.05, 0.1) is 18.8 Å². The molecule has 2 aliphatic rings. The molecule has 2 aliphatic carbocycles. The van der Waals surface area contributed by atoms with Crippen LogP contribution in [0.3, 0.4) is 0 Å². The molecular weight excluding hydrogens is 326 g/mol. The summed E-state index contributed by atoms with van der Waals surface area (Å²) in [6, 6.07) is 12.5. The molecule has 2 aromatic rings. The van der Waals surface area contributed by atoms with Gasteiger partial charge in [-0.2, -0.15) is 5.10 Å². The fraction of sp³-hybridized carbons (Fsp3) is 0.524. The zero-order valence-electron chi connectivity index (χ0n) is 15.4. The number of nitrogens with zero attached hydrogens (tertiary/aromatic N) is 2. The Morgan fingerprint density at radius 3 is 2.58 bits per heavy atom. The Morgan fingerprint density at radius 2 is 1.85 bits per heavy atom. The van der Waals surface area contributed by atoms with E-state index >= 15 is 0 Å². The molecule has 2 fully saturated rings. The maximum absolute atomic E-state index is 12.2. The highest BCUT2D eigenvalue weighted by molar-refractivity contribution is 5.33. The van der Waals surface area contributed by atoms with Crippen molar-refractivity contribution in [3.63, 3.8) is 0 Å². The number of para-hydroxylation sites is 1. The SMILES string of the molecule is COc1ccccc1CNC1CCC(n2nc(C3CC3)ccc2=O)CC1. The summed E-state index contributed by atoms with van der Waals surface area (Å²) in [6.45, 7) is 0.814. The van der Waals surface area contributed by atoms with Gasteiger partial charge in [0.25, 0.3) is 5.56 Å². The largest absolute Gasteiger partial charge is 0.496 e. The molecule has 0 unspecified atom stereocenters. The Morgan fingerprint density at radius 1 is 1.08 bits per heavy atom. The van der Waals surface area contributed by atoms with E-state index in [1.807, 2.05) is 24.3 Å². The molecule has 0 spiro atoms. The molecule has 0 radical (unpaired) electrons. The number of hydrogen-bond donors (Lipinski definition) is 1. The van der Waals surface area contributed by atoms with Gasteiger partial charge in [-0.05, 0) is 50.7 Å². The van der Waals surface area contributed by atoms with Crippen LogP contribution in [0.5, 0.6) is 5.75 Å². The molecule has 26 heavy (non-hydrogen) atoms. The van der Waals surface area contributed by atoms with E-state index in [4.69, 9.17) is 4.74 Å². The summed E-state index contributed by atoms with van der Waals surface area (Å²) >= 11 is 0. The lowest BCUT2D eigenvalue weighted by molar-refractivity contribution is 0.266. The van der Waals surface area contributed by atoms with Gasteiger partial charge >= 0.3 is 0 Å². The van der Waals surface area contributed by atoms with E-state index in [1.54, 1.807) is 17.9 Å². The van der Waals surface area contributed by atoms with Crippen molar-refractivity contribution < 1.29 is 4.74 Å². The van der Waals surface area contributed by atoms with Crippen molar-refractivity contribution in [2.24, 2.45) is 0 Å². The van der Waals surface area contributed by atoms with Crippen molar-refractivity contribution in [2.45, 2.75) is 63.1 Å². The molecular formula is C21H27N3O2. The standard InChI is InChI=1S/C21H27N3O2/c1-26-20-5-3-2-4-16(20)14-22-17-8-10-18(11-9-17)24-21(25)13-12-19(23-24)15-6-7-15/h2-5,12-13,15,17-18,22H,6-11,14H2,1H3. The van der Waals surface area contributed by atoms with Gasteiger partial charge in [0, 0.05) is 30.1 Å². The summed E-state index contributed by atoms with van der Waals surface area (Å²) in [5.41, 5.74) is 2.33. The van der Waals surface area contributed by atoms with E-state index < -0.39 is 0 Å². The summed E-state index contributed by atoms with van der Waals surface area (Å²) in [7, 11) is 1.71. The topological polar surface area (TPSA) is 56.1 Å². The first-order valence-corrected chi connectivity index (χ1v) is 9.69. The van der Waals surface area contributed by atoms with Gasteiger partial charge < -0.3 is 10.1 Å². The van der Waals surface area contributed by atoms with Crippen LogP contribution in [0.15, 0.2) is 41.2 Å². The van der Waals surface area contributed by atoms with Gasteiger partial charge in [-0.25, -0.2) is 4.68 Å². The van der Waals surface area contributed by atoms with Gasteiger partial charge in [-0.15, -0.1) is 0 Å². The summed E-state index contributed by atoms with van der Waals surface area (Å²) in [6.07, 6.45) is 6.58. The average Bonchev–Trinajstić information content (AvgIpc) is 3.53.